The van der Waals surface area contributed by atoms with Gasteiger partial charge in [-0.3, -0.25) is 4.79 Å². The zero-order chi connectivity index (χ0) is 16.2. The molecule has 0 aliphatic carbocycles. The number of halogens is 1. The first kappa shape index (κ1) is 15.2. The first-order chi connectivity index (χ1) is 11.1. The Morgan fingerprint density at radius 3 is 2.83 bits per heavy atom. The Kier molecular flexibility index (Phi) is 4.39. The van der Waals surface area contributed by atoms with Crippen molar-refractivity contribution in [2.45, 2.75) is 6.92 Å². The molecule has 1 heterocycles. The Morgan fingerprint density at radius 2 is 1.96 bits per heavy atom. The molecular weight excluding hydrogens is 312 g/mol. The minimum absolute atomic E-state index is 0.104. The largest absolute Gasteiger partial charge is 0.360 e. The van der Waals surface area contributed by atoms with Crippen LogP contribution in [0.4, 0.5) is 11.5 Å². The molecule has 0 atom stereocenters. The van der Waals surface area contributed by atoms with Gasteiger partial charge < -0.3 is 10.6 Å². The van der Waals surface area contributed by atoms with Gasteiger partial charge in [-0.15, -0.1) is 0 Å². The van der Waals surface area contributed by atoms with Crippen molar-refractivity contribution in [1.82, 2.24) is 9.97 Å². The number of benzene rings is 2. The van der Waals surface area contributed by atoms with E-state index in [1.165, 1.54) is 6.33 Å². The number of amides is 1. The van der Waals surface area contributed by atoms with Crippen LogP contribution in [0.5, 0.6) is 0 Å². The van der Waals surface area contributed by atoms with Crippen LogP contribution in [0.15, 0.2) is 48.8 Å². The molecule has 23 heavy (non-hydrogen) atoms. The molecule has 1 amide bonds. The summed E-state index contributed by atoms with van der Waals surface area (Å²) in [7, 11) is 0. The maximum absolute atomic E-state index is 12.1. The van der Waals surface area contributed by atoms with Crippen LogP contribution in [-0.2, 0) is 4.79 Å². The van der Waals surface area contributed by atoms with Crippen LogP contribution < -0.4 is 10.6 Å². The molecular formula is C17H15ClN4O. The van der Waals surface area contributed by atoms with E-state index in [2.05, 4.69) is 20.6 Å². The molecule has 0 unspecified atom stereocenters. The Morgan fingerprint density at radius 1 is 1.13 bits per heavy atom. The number of anilines is 2. The standard InChI is InChI=1S/C17H15ClN4O/c1-11-13(18)6-4-8-14(11)22-16(23)9-19-17-12-5-2-3-7-15(12)20-10-21-17/h2-8,10H,9H2,1H3,(H,22,23)(H,19,20,21). The minimum Gasteiger partial charge on any atom is -0.360 e. The van der Waals surface area contributed by atoms with E-state index in [0.717, 1.165) is 16.5 Å². The van der Waals surface area contributed by atoms with Gasteiger partial charge >= 0.3 is 0 Å². The molecule has 0 spiro atoms. The van der Waals surface area contributed by atoms with Crippen molar-refractivity contribution < 1.29 is 4.79 Å². The maximum atomic E-state index is 12.1. The third-order valence-electron chi connectivity index (χ3n) is 3.50. The van der Waals surface area contributed by atoms with Gasteiger partial charge in [0.05, 0.1) is 12.1 Å². The molecule has 0 saturated heterocycles. The minimum atomic E-state index is -0.168. The number of hydrogen-bond donors (Lipinski definition) is 2. The SMILES string of the molecule is Cc1c(Cl)cccc1NC(=O)CNc1ncnc2ccccc12. The molecule has 5 nitrogen and oxygen atoms in total. The molecule has 2 aromatic carbocycles. The fourth-order valence-corrected chi connectivity index (χ4v) is 2.42. The highest BCUT2D eigenvalue weighted by atomic mass is 35.5. The molecule has 6 heteroatoms. The van der Waals surface area contributed by atoms with Gasteiger partial charge in [0.25, 0.3) is 0 Å². The highest BCUT2D eigenvalue weighted by Crippen LogP contribution is 2.23. The van der Waals surface area contributed by atoms with Gasteiger partial charge in [-0.2, -0.15) is 0 Å². The van der Waals surface area contributed by atoms with Crippen molar-refractivity contribution in [1.29, 1.82) is 0 Å². The number of nitrogens with one attached hydrogen (secondary N) is 2. The monoisotopic (exact) mass is 326 g/mol. The number of fused-ring (bicyclic) bond motifs is 1. The van der Waals surface area contributed by atoms with E-state index in [1.54, 1.807) is 12.1 Å². The van der Waals surface area contributed by atoms with Gasteiger partial charge in [0, 0.05) is 16.1 Å². The third kappa shape index (κ3) is 3.40. The van der Waals surface area contributed by atoms with E-state index >= 15 is 0 Å². The van der Waals surface area contributed by atoms with Crippen molar-refractivity contribution in [3.63, 3.8) is 0 Å². The molecule has 1 aromatic heterocycles. The van der Waals surface area contributed by atoms with Gasteiger partial charge in [0.1, 0.15) is 12.1 Å². The zero-order valence-electron chi connectivity index (χ0n) is 12.5. The number of rotatable bonds is 4. The normalized spacial score (nSPS) is 10.5. The molecule has 0 fully saturated rings. The fraction of sp³-hybridized carbons (Fsp3) is 0.118. The predicted octanol–water partition coefficient (Wildman–Crippen LogP) is 3.64. The summed E-state index contributed by atoms with van der Waals surface area (Å²) in [6.07, 6.45) is 1.48. The van der Waals surface area contributed by atoms with E-state index in [9.17, 15) is 4.79 Å². The van der Waals surface area contributed by atoms with Crippen LogP contribution in [0.25, 0.3) is 10.9 Å². The molecule has 0 saturated carbocycles. The number of hydrogen-bond acceptors (Lipinski definition) is 4. The van der Waals surface area contributed by atoms with Crippen LogP contribution in [0.2, 0.25) is 5.02 Å². The third-order valence-corrected chi connectivity index (χ3v) is 3.91. The number of carbonyl (C=O) groups is 1. The molecule has 3 aromatic rings. The topological polar surface area (TPSA) is 66.9 Å². The highest BCUT2D eigenvalue weighted by molar-refractivity contribution is 6.31. The second kappa shape index (κ2) is 6.62. The van der Waals surface area contributed by atoms with Gasteiger partial charge in [0.15, 0.2) is 0 Å². The Labute approximate surface area is 138 Å². The second-order valence-corrected chi connectivity index (χ2v) is 5.46. The van der Waals surface area contributed by atoms with E-state index in [-0.39, 0.29) is 12.5 Å². The molecule has 116 valence electrons. The summed E-state index contributed by atoms with van der Waals surface area (Å²) >= 11 is 6.05. The summed E-state index contributed by atoms with van der Waals surface area (Å²) in [5.41, 5.74) is 2.38. The summed E-state index contributed by atoms with van der Waals surface area (Å²) in [5.74, 6) is 0.464. The summed E-state index contributed by atoms with van der Waals surface area (Å²) in [5, 5.41) is 7.39. The second-order valence-electron chi connectivity index (χ2n) is 5.05. The molecule has 0 aliphatic rings. The van der Waals surface area contributed by atoms with Gasteiger partial charge in [-0.05, 0) is 36.8 Å². The molecule has 3 rings (SSSR count). The Balaban J connectivity index is 1.70. The summed E-state index contributed by atoms with van der Waals surface area (Å²) in [6, 6.07) is 13.0. The quantitative estimate of drug-likeness (QED) is 0.768. The van der Waals surface area contributed by atoms with Crippen molar-refractivity contribution in [2.75, 3.05) is 17.2 Å². The predicted molar refractivity (Wildman–Crippen MR) is 92.8 cm³/mol. The highest BCUT2D eigenvalue weighted by Gasteiger charge is 2.08. The zero-order valence-corrected chi connectivity index (χ0v) is 13.3. The van der Waals surface area contributed by atoms with Gasteiger partial charge in [-0.1, -0.05) is 29.8 Å². The lowest BCUT2D eigenvalue weighted by molar-refractivity contribution is -0.114. The van der Waals surface area contributed by atoms with Gasteiger partial charge in [-0.25, -0.2) is 9.97 Å². The van der Waals surface area contributed by atoms with E-state index in [1.807, 2.05) is 37.3 Å². The van der Waals surface area contributed by atoms with Crippen molar-refractivity contribution >= 4 is 39.9 Å². The summed E-state index contributed by atoms with van der Waals surface area (Å²) < 4.78 is 0. The van der Waals surface area contributed by atoms with E-state index in [0.29, 0.717) is 16.5 Å². The summed E-state index contributed by atoms with van der Waals surface area (Å²) in [6.45, 7) is 1.97. The van der Waals surface area contributed by atoms with Crippen LogP contribution in [0.1, 0.15) is 5.56 Å². The van der Waals surface area contributed by atoms with E-state index < -0.39 is 0 Å². The van der Waals surface area contributed by atoms with Gasteiger partial charge in [0.2, 0.25) is 5.91 Å². The smallest absolute Gasteiger partial charge is 0.243 e. The summed E-state index contributed by atoms with van der Waals surface area (Å²) in [4.78, 5) is 20.5. The fourth-order valence-electron chi connectivity index (χ4n) is 2.25. The molecule has 0 bridgehead atoms. The Hall–Kier alpha value is -2.66. The van der Waals surface area contributed by atoms with E-state index in [4.69, 9.17) is 11.6 Å². The number of carbonyl (C=O) groups excluding carboxylic acids is 1. The maximum Gasteiger partial charge on any atom is 0.243 e. The lowest BCUT2D eigenvalue weighted by Crippen LogP contribution is -2.22. The molecule has 0 radical (unpaired) electrons. The van der Waals surface area contributed by atoms with Crippen LogP contribution in [-0.4, -0.2) is 22.4 Å². The average molecular weight is 327 g/mol. The Bertz CT molecular complexity index is 861. The lowest BCUT2D eigenvalue weighted by atomic mass is 10.2. The molecule has 2 N–H and O–H groups in total. The number of aromatic nitrogens is 2. The number of para-hydroxylation sites is 1. The van der Waals surface area contributed by atoms with Crippen LogP contribution in [0.3, 0.4) is 0 Å². The first-order valence-corrected chi connectivity index (χ1v) is 7.51. The number of nitrogens with zero attached hydrogens (tertiary/aromatic N) is 2. The van der Waals surface area contributed by atoms with Crippen molar-refractivity contribution in [3.05, 3.63) is 59.4 Å². The first-order valence-electron chi connectivity index (χ1n) is 7.14. The average Bonchev–Trinajstić information content (AvgIpc) is 2.57. The molecule has 0 aliphatic heterocycles. The van der Waals surface area contributed by atoms with Crippen LogP contribution in [0, 0.1) is 6.92 Å². The van der Waals surface area contributed by atoms with Crippen LogP contribution >= 0.6 is 11.6 Å². The lowest BCUT2D eigenvalue weighted by Gasteiger charge is -2.11. The van der Waals surface area contributed by atoms with Crippen molar-refractivity contribution in [3.8, 4) is 0 Å². The van der Waals surface area contributed by atoms with Crippen molar-refractivity contribution in [2.24, 2.45) is 0 Å².